The van der Waals surface area contributed by atoms with E-state index in [9.17, 15) is 0 Å². The lowest BCUT2D eigenvalue weighted by Crippen LogP contribution is -2.00. The molecule has 53 heavy (non-hydrogen) atoms. The number of rotatable bonds is 4. The smallest absolute Gasteiger partial charge is 0.164 e. The van der Waals surface area contributed by atoms with E-state index < -0.39 is 0 Å². The van der Waals surface area contributed by atoms with E-state index in [1.165, 1.54) is 32.3 Å². The van der Waals surface area contributed by atoms with Crippen LogP contribution in [0.5, 0.6) is 0 Å². The molecule has 11 rings (SSSR count). The maximum atomic E-state index is 6.27. The first-order valence-corrected chi connectivity index (χ1v) is 17.9. The Balaban J connectivity index is 1.09. The molecule has 4 heteroatoms. The van der Waals surface area contributed by atoms with Crippen molar-refractivity contribution < 1.29 is 4.42 Å². The van der Waals surface area contributed by atoms with Crippen molar-refractivity contribution in [1.29, 1.82) is 0 Å². The minimum atomic E-state index is 0.645. The zero-order chi connectivity index (χ0) is 34.9. The molecule has 246 valence electrons. The first kappa shape index (κ1) is 29.5. The van der Waals surface area contributed by atoms with Crippen LogP contribution in [0, 0.1) is 0 Å². The monoisotopic (exact) mass is 675 g/mol. The number of hydrogen-bond acceptors (Lipinski definition) is 4. The van der Waals surface area contributed by atoms with Crippen LogP contribution in [0.2, 0.25) is 0 Å². The molecule has 0 saturated heterocycles. The Morgan fingerprint density at radius 3 is 1.77 bits per heavy atom. The average Bonchev–Trinajstić information content (AvgIpc) is 3.62. The van der Waals surface area contributed by atoms with Crippen molar-refractivity contribution in [3.05, 3.63) is 176 Å². The van der Waals surface area contributed by atoms with Gasteiger partial charge in [0.2, 0.25) is 0 Å². The summed E-state index contributed by atoms with van der Waals surface area (Å²) in [7, 11) is 0. The Bertz CT molecular complexity index is 3240. The zero-order valence-corrected chi connectivity index (χ0v) is 28.5. The third kappa shape index (κ3) is 4.80. The number of aromatic nitrogens is 3. The van der Waals surface area contributed by atoms with Crippen LogP contribution >= 0.6 is 0 Å². The summed E-state index contributed by atoms with van der Waals surface area (Å²) in [5.74, 6) is 1.94. The fourth-order valence-corrected chi connectivity index (χ4v) is 7.95. The normalized spacial score (nSPS) is 11.8. The minimum absolute atomic E-state index is 0.645. The van der Waals surface area contributed by atoms with Crippen LogP contribution in [-0.2, 0) is 0 Å². The maximum Gasteiger partial charge on any atom is 0.164 e. The molecule has 0 saturated carbocycles. The molecule has 0 atom stereocenters. The average molecular weight is 676 g/mol. The summed E-state index contributed by atoms with van der Waals surface area (Å²) >= 11 is 0. The highest BCUT2D eigenvalue weighted by atomic mass is 16.3. The summed E-state index contributed by atoms with van der Waals surface area (Å²) in [4.78, 5) is 15.2. The molecule has 0 aliphatic carbocycles. The number of benzene rings is 9. The van der Waals surface area contributed by atoms with Crippen molar-refractivity contribution in [3.8, 4) is 45.3 Å². The Morgan fingerprint density at radius 1 is 0.302 bits per heavy atom. The van der Waals surface area contributed by atoms with Gasteiger partial charge < -0.3 is 4.42 Å². The molecule has 2 heterocycles. The van der Waals surface area contributed by atoms with Gasteiger partial charge in [-0.05, 0) is 79.2 Å². The van der Waals surface area contributed by atoms with Crippen LogP contribution < -0.4 is 0 Å². The lowest BCUT2D eigenvalue weighted by molar-refractivity contribution is 0.669. The van der Waals surface area contributed by atoms with Gasteiger partial charge in [-0.25, -0.2) is 15.0 Å². The van der Waals surface area contributed by atoms with Crippen LogP contribution in [-0.4, -0.2) is 15.0 Å². The molecular formula is C49H29N3O. The molecule has 0 radical (unpaired) electrons. The molecule has 0 aliphatic rings. The SMILES string of the molecule is c1ccc(-c2nc(-c3ccc4ccccc4c3)nc(-c3ccc(-c4ccc5c(ccc6ccc7oc8ccccc8c7c65)c4)c4ccccc34)n2)cc1. The summed E-state index contributed by atoms with van der Waals surface area (Å²) in [6.45, 7) is 0. The van der Waals surface area contributed by atoms with E-state index in [1.807, 2.05) is 42.5 Å². The molecule has 0 unspecified atom stereocenters. The third-order valence-electron chi connectivity index (χ3n) is 10.5. The van der Waals surface area contributed by atoms with Crippen LogP contribution in [0.25, 0.3) is 110 Å². The molecule has 9 aromatic carbocycles. The van der Waals surface area contributed by atoms with E-state index in [0.717, 1.165) is 60.5 Å². The Kier molecular flexibility index (Phi) is 6.52. The summed E-state index contributed by atoms with van der Waals surface area (Å²) in [5, 5.41) is 11.7. The van der Waals surface area contributed by atoms with Gasteiger partial charge in [-0.3, -0.25) is 0 Å². The summed E-state index contributed by atoms with van der Waals surface area (Å²) < 4.78 is 6.27. The molecular weight excluding hydrogens is 647 g/mol. The van der Waals surface area contributed by atoms with Crippen molar-refractivity contribution >= 4 is 65.0 Å². The molecule has 0 bridgehead atoms. The lowest BCUT2D eigenvalue weighted by Gasteiger charge is -2.14. The van der Waals surface area contributed by atoms with Gasteiger partial charge in [0, 0.05) is 32.8 Å². The summed E-state index contributed by atoms with van der Waals surface area (Å²) in [5.41, 5.74) is 7.00. The molecule has 2 aromatic heterocycles. The first-order chi connectivity index (χ1) is 26.2. The van der Waals surface area contributed by atoms with Gasteiger partial charge >= 0.3 is 0 Å². The van der Waals surface area contributed by atoms with Crippen molar-refractivity contribution in [2.45, 2.75) is 0 Å². The highest BCUT2D eigenvalue weighted by molar-refractivity contribution is 6.27. The molecule has 0 N–H and O–H groups in total. The first-order valence-electron chi connectivity index (χ1n) is 17.9. The van der Waals surface area contributed by atoms with Gasteiger partial charge in [0.25, 0.3) is 0 Å². The Morgan fingerprint density at radius 2 is 0.906 bits per heavy atom. The minimum Gasteiger partial charge on any atom is -0.456 e. The Hall–Kier alpha value is -7.17. The number of para-hydroxylation sites is 1. The van der Waals surface area contributed by atoms with E-state index in [0.29, 0.717) is 17.5 Å². The van der Waals surface area contributed by atoms with Crippen LogP contribution in [0.3, 0.4) is 0 Å². The fraction of sp³-hybridized carbons (Fsp3) is 0. The standard InChI is InChI=1S/C49H29N3O/c1-2-11-32(12-3-1)47-50-48(36-21-18-30-10-4-5-13-33(30)28-36)52-49(51-47)41-26-25-37(39-14-6-7-15-40(39)41)34-22-24-38-35(29-34)20-19-31-23-27-44-46(45(31)38)42-16-8-9-17-43(42)53-44/h1-29H. The van der Waals surface area contributed by atoms with Crippen molar-refractivity contribution in [2.24, 2.45) is 0 Å². The second-order valence-electron chi connectivity index (χ2n) is 13.6. The summed E-state index contributed by atoms with van der Waals surface area (Å²) in [6.07, 6.45) is 0. The fourth-order valence-electron chi connectivity index (χ4n) is 7.95. The molecule has 0 fully saturated rings. The zero-order valence-electron chi connectivity index (χ0n) is 28.5. The van der Waals surface area contributed by atoms with Gasteiger partial charge in [0.1, 0.15) is 11.2 Å². The van der Waals surface area contributed by atoms with E-state index in [1.54, 1.807) is 0 Å². The molecule has 4 nitrogen and oxygen atoms in total. The predicted molar refractivity (Wildman–Crippen MR) is 219 cm³/mol. The van der Waals surface area contributed by atoms with Gasteiger partial charge in [-0.2, -0.15) is 0 Å². The predicted octanol–water partition coefficient (Wildman–Crippen LogP) is 13.1. The summed E-state index contributed by atoms with van der Waals surface area (Å²) in [6, 6.07) is 61.7. The van der Waals surface area contributed by atoms with Crippen molar-refractivity contribution in [3.63, 3.8) is 0 Å². The van der Waals surface area contributed by atoms with Gasteiger partial charge in [-0.1, -0.05) is 146 Å². The molecule has 0 aliphatic heterocycles. The van der Waals surface area contributed by atoms with Crippen LogP contribution in [0.15, 0.2) is 180 Å². The number of hydrogen-bond donors (Lipinski definition) is 0. The van der Waals surface area contributed by atoms with E-state index in [-0.39, 0.29) is 0 Å². The van der Waals surface area contributed by atoms with Crippen LogP contribution in [0.4, 0.5) is 0 Å². The highest BCUT2D eigenvalue weighted by Gasteiger charge is 2.18. The van der Waals surface area contributed by atoms with E-state index >= 15 is 0 Å². The maximum absolute atomic E-state index is 6.27. The second kappa shape index (κ2) is 11.7. The largest absolute Gasteiger partial charge is 0.456 e. The highest BCUT2D eigenvalue weighted by Crippen LogP contribution is 2.41. The van der Waals surface area contributed by atoms with Crippen molar-refractivity contribution in [2.75, 3.05) is 0 Å². The number of furan rings is 1. The van der Waals surface area contributed by atoms with E-state index in [2.05, 4.69) is 133 Å². The second-order valence-corrected chi connectivity index (χ2v) is 13.6. The van der Waals surface area contributed by atoms with E-state index in [4.69, 9.17) is 19.4 Å². The van der Waals surface area contributed by atoms with Crippen LogP contribution in [0.1, 0.15) is 0 Å². The third-order valence-corrected chi connectivity index (χ3v) is 10.5. The van der Waals surface area contributed by atoms with Gasteiger partial charge in [0.15, 0.2) is 17.5 Å². The molecule has 0 amide bonds. The topological polar surface area (TPSA) is 51.8 Å². The lowest BCUT2D eigenvalue weighted by atomic mass is 9.91. The van der Waals surface area contributed by atoms with Gasteiger partial charge in [-0.15, -0.1) is 0 Å². The molecule has 11 aromatic rings. The Labute approximate surface area is 304 Å². The quantitative estimate of drug-likeness (QED) is 0.174. The number of nitrogens with zero attached hydrogens (tertiary/aromatic N) is 3. The number of fused-ring (bicyclic) bond motifs is 9. The van der Waals surface area contributed by atoms with Crippen molar-refractivity contribution in [1.82, 2.24) is 15.0 Å². The van der Waals surface area contributed by atoms with Gasteiger partial charge in [0.05, 0.1) is 0 Å². The molecule has 0 spiro atoms.